The van der Waals surface area contributed by atoms with Crippen molar-refractivity contribution in [3.8, 4) is 11.5 Å². The maximum atomic E-state index is 6.82. The predicted molar refractivity (Wildman–Crippen MR) is 124 cm³/mol. The van der Waals surface area contributed by atoms with Gasteiger partial charge in [0, 0.05) is 0 Å². The summed E-state index contributed by atoms with van der Waals surface area (Å²) in [5, 5.41) is 0.832. The molecule has 0 fully saturated rings. The van der Waals surface area contributed by atoms with Gasteiger partial charge in [-0.2, -0.15) is 0 Å². The van der Waals surface area contributed by atoms with E-state index in [-0.39, 0.29) is 0 Å². The first kappa shape index (κ1) is 18.1. The Labute approximate surface area is 180 Å². The Morgan fingerprint density at radius 3 is 1.68 bits per heavy atom. The summed E-state index contributed by atoms with van der Waals surface area (Å²) in [6.45, 7) is 0. The Kier molecular flexibility index (Phi) is 3.86. The zero-order valence-corrected chi connectivity index (χ0v) is 17.5. The van der Waals surface area contributed by atoms with E-state index in [2.05, 4.69) is 0 Å². The summed E-state index contributed by atoms with van der Waals surface area (Å²) in [5.74, 6) is 2.48. The van der Waals surface area contributed by atoms with E-state index in [9.17, 15) is 0 Å². The van der Waals surface area contributed by atoms with E-state index in [0.29, 0.717) is 23.2 Å². The number of hydrogen-bond acceptors (Lipinski definition) is 4. The molecule has 6 rings (SSSR count). The molecule has 0 saturated carbocycles. The molecule has 0 saturated heterocycles. The van der Waals surface area contributed by atoms with E-state index in [1.54, 1.807) is 0 Å². The number of para-hydroxylation sites is 2. The van der Waals surface area contributed by atoms with Crippen LogP contribution in [0.2, 0.25) is 0 Å². The second-order valence-corrected chi connectivity index (χ2v) is 10.7. The average molecular weight is 424 g/mol. The second-order valence-electron chi connectivity index (χ2n) is 7.41. The van der Waals surface area contributed by atoms with E-state index in [4.69, 9.17) is 18.6 Å². The molecular formula is C26H19NO3P-. The molecule has 152 valence electrons. The Morgan fingerprint density at radius 1 is 0.548 bits per heavy atom. The van der Waals surface area contributed by atoms with Crippen LogP contribution in [0.5, 0.6) is 11.5 Å². The standard InChI is InChI=1S/C26H19NO3P/c1-4-12-20(13-5-1)25-27-26(21-14-6-2-7-15-21)31(30-25,22-16-8-3-9-17-22)28-23-18-10-11-19-24(23)29-31/h1-19H/q-1. The monoisotopic (exact) mass is 424 g/mol. The SMILES string of the molecule is c1ccc(C2=N[C-](c3ccccc3)P3(c4ccccc4)(O2)Oc2ccccc2O3)cc1. The van der Waals surface area contributed by atoms with Gasteiger partial charge in [-0.1, -0.05) is 0 Å². The maximum absolute atomic E-state index is 6.82. The average Bonchev–Trinajstić information content (AvgIpc) is 3.38. The quantitative estimate of drug-likeness (QED) is 0.295. The van der Waals surface area contributed by atoms with Crippen LogP contribution < -0.4 is 14.4 Å². The van der Waals surface area contributed by atoms with Crippen molar-refractivity contribution in [2.75, 3.05) is 0 Å². The summed E-state index contributed by atoms with van der Waals surface area (Å²) in [6, 6.07) is 37.4. The molecular weight excluding hydrogens is 405 g/mol. The number of aliphatic imine (C=N–C) groups is 1. The third-order valence-corrected chi connectivity index (χ3v) is 9.30. The van der Waals surface area contributed by atoms with E-state index in [0.717, 1.165) is 16.4 Å². The summed E-state index contributed by atoms with van der Waals surface area (Å²) in [5.41, 5.74) is 1.78. The fourth-order valence-electron chi connectivity index (χ4n) is 4.04. The molecule has 2 heterocycles. The Hall–Kier alpha value is -3.75. The van der Waals surface area contributed by atoms with Gasteiger partial charge in [-0.3, -0.25) is 0 Å². The number of rotatable bonds is 3. The molecule has 0 aliphatic carbocycles. The first-order valence-electron chi connectivity index (χ1n) is 10.1. The summed E-state index contributed by atoms with van der Waals surface area (Å²) in [7, 11) is -4.12. The number of nitrogens with zero attached hydrogens (tertiary/aromatic N) is 1. The minimum absolute atomic E-state index is 0.494. The van der Waals surface area contributed by atoms with Gasteiger partial charge >= 0.3 is 181 Å². The van der Waals surface area contributed by atoms with Crippen molar-refractivity contribution < 1.29 is 13.6 Å². The third-order valence-electron chi connectivity index (χ3n) is 5.46. The van der Waals surface area contributed by atoms with Crippen LogP contribution >= 0.6 is 7.28 Å². The first-order valence-corrected chi connectivity index (χ1v) is 12.1. The van der Waals surface area contributed by atoms with E-state index in [1.807, 2.05) is 115 Å². The molecule has 5 heteroatoms. The van der Waals surface area contributed by atoms with Crippen LogP contribution in [0.3, 0.4) is 0 Å². The number of fused-ring (bicyclic) bond motifs is 1. The van der Waals surface area contributed by atoms with Crippen LogP contribution in [0.15, 0.2) is 120 Å². The van der Waals surface area contributed by atoms with Gasteiger partial charge in [-0.05, 0) is 0 Å². The Balaban J connectivity index is 1.64. The van der Waals surface area contributed by atoms with Crippen molar-refractivity contribution in [1.82, 2.24) is 0 Å². The van der Waals surface area contributed by atoms with Gasteiger partial charge < -0.3 is 0 Å². The fraction of sp³-hybridized carbons (Fsp3) is 0. The Bertz CT molecular complexity index is 1250. The molecule has 4 aromatic carbocycles. The minimum atomic E-state index is -4.12. The molecule has 0 unspecified atom stereocenters. The molecule has 31 heavy (non-hydrogen) atoms. The van der Waals surface area contributed by atoms with Crippen molar-refractivity contribution >= 4 is 18.5 Å². The zero-order valence-electron chi connectivity index (χ0n) is 16.6. The van der Waals surface area contributed by atoms with Crippen molar-refractivity contribution in [3.63, 3.8) is 0 Å². The molecule has 2 aliphatic rings. The van der Waals surface area contributed by atoms with E-state index >= 15 is 0 Å². The van der Waals surface area contributed by atoms with Crippen LogP contribution in [0.4, 0.5) is 0 Å². The molecule has 4 aromatic rings. The van der Waals surface area contributed by atoms with Gasteiger partial charge in [0.15, 0.2) is 0 Å². The Morgan fingerprint density at radius 2 is 1.06 bits per heavy atom. The van der Waals surface area contributed by atoms with Crippen LogP contribution in [0.1, 0.15) is 11.1 Å². The molecule has 4 nitrogen and oxygen atoms in total. The summed E-state index contributed by atoms with van der Waals surface area (Å²) < 4.78 is 20.4. The molecule has 1 spiro atoms. The molecule has 2 aliphatic heterocycles. The van der Waals surface area contributed by atoms with E-state index < -0.39 is 7.28 Å². The van der Waals surface area contributed by atoms with Gasteiger partial charge in [-0.25, -0.2) is 0 Å². The number of hydrogen-bond donors (Lipinski definition) is 0. The van der Waals surface area contributed by atoms with Gasteiger partial charge in [0.2, 0.25) is 0 Å². The van der Waals surface area contributed by atoms with Crippen LogP contribution in [0.25, 0.3) is 0 Å². The summed E-state index contributed by atoms with van der Waals surface area (Å²) in [4.78, 5) is 5.01. The third kappa shape index (κ3) is 2.59. The zero-order chi connectivity index (χ0) is 20.8. The van der Waals surface area contributed by atoms with Crippen molar-refractivity contribution in [2.24, 2.45) is 4.99 Å². The van der Waals surface area contributed by atoms with Crippen LogP contribution in [-0.4, -0.2) is 5.90 Å². The predicted octanol–water partition coefficient (Wildman–Crippen LogP) is 6.10. The van der Waals surface area contributed by atoms with Gasteiger partial charge in [0.05, 0.1) is 0 Å². The molecule has 0 aromatic heterocycles. The van der Waals surface area contributed by atoms with Crippen LogP contribution in [0, 0.1) is 5.78 Å². The summed E-state index contributed by atoms with van der Waals surface area (Å²) in [6.07, 6.45) is 0. The van der Waals surface area contributed by atoms with E-state index in [1.165, 1.54) is 0 Å². The second kappa shape index (κ2) is 6.63. The summed E-state index contributed by atoms with van der Waals surface area (Å²) >= 11 is 0. The van der Waals surface area contributed by atoms with Crippen molar-refractivity contribution in [3.05, 3.63) is 132 Å². The fourth-order valence-corrected chi connectivity index (χ4v) is 7.99. The van der Waals surface area contributed by atoms with Gasteiger partial charge in [-0.15, -0.1) is 0 Å². The van der Waals surface area contributed by atoms with Crippen molar-refractivity contribution in [2.45, 2.75) is 0 Å². The van der Waals surface area contributed by atoms with Crippen molar-refractivity contribution in [1.29, 1.82) is 0 Å². The molecule has 0 atom stereocenters. The van der Waals surface area contributed by atoms with Crippen LogP contribution in [-0.2, 0) is 4.52 Å². The first-order chi connectivity index (χ1) is 15.3. The molecule has 0 N–H and O–H groups in total. The molecule has 0 radical (unpaired) electrons. The normalized spacial score (nSPS) is 18.6. The molecule has 0 bridgehead atoms. The number of benzene rings is 4. The topological polar surface area (TPSA) is 40.0 Å². The van der Waals surface area contributed by atoms with Gasteiger partial charge in [0.25, 0.3) is 0 Å². The van der Waals surface area contributed by atoms with Gasteiger partial charge in [0.1, 0.15) is 0 Å². The molecule has 0 amide bonds.